The van der Waals surface area contributed by atoms with Gasteiger partial charge in [0, 0.05) is 25.7 Å². The molecule has 0 aromatic heterocycles. The molecule has 0 spiro atoms. The van der Waals surface area contributed by atoms with Gasteiger partial charge >= 0.3 is 0 Å². The number of rotatable bonds is 7. The zero-order valence-corrected chi connectivity index (χ0v) is 15.2. The average Bonchev–Trinajstić information content (AvgIpc) is 2.61. The second kappa shape index (κ2) is 8.09. The normalized spacial score (nSPS) is 11.1. The van der Waals surface area contributed by atoms with E-state index in [0.29, 0.717) is 12.1 Å². The molecule has 2 rings (SSSR count). The Kier molecular flexibility index (Phi) is 6.12. The van der Waals surface area contributed by atoms with Crippen molar-refractivity contribution in [1.82, 2.24) is 9.62 Å². The summed E-state index contributed by atoms with van der Waals surface area (Å²) in [7, 11) is -1.96. The van der Waals surface area contributed by atoms with Gasteiger partial charge < -0.3 is 4.90 Å². The summed E-state index contributed by atoms with van der Waals surface area (Å²) in [5.41, 5.74) is 2.49. The summed E-state index contributed by atoms with van der Waals surface area (Å²) in [5, 5.41) is 0. The van der Waals surface area contributed by atoms with E-state index in [1.165, 1.54) is 18.2 Å². The van der Waals surface area contributed by atoms with Crippen molar-refractivity contribution in [2.75, 3.05) is 13.6 Å². The Hall–Kier alpha value is -2.44. The van der Waals surface area contributed by atoms with Crippen LogP contribution < -0.4 is 4.72 Å². The van der Waals surface area contributed by atoms with Crippen molar-refractivity contribution < 1.29 is 13.2 Å². The minimum absolute atomic E-state index is 0.0597. The van der Waals surface area contributed by atoms with Crippen LogP contribution in [0.1, 0.15) is 21.5 Å². The van der Waals surface area contributed by atoms with Crippen molar-refractivity contribution in [3.63, 3.8) is 0 Å². The first-order valence-electron chi connectivity index (χ1n) is 7.86. The zero-order chi connectivity index (χ0) is 18.4. The second-order valence-electron chi connectivity index (χ2n) is 5.76. The minimum Gasteiger partial charge on any atom is -0.337 e. The highest BCUT2D eigenvalue weighted by atomic mass is 32.2. The first kappa shape index (κ1) is 18.9. The van der Waals surface area contributed by atoms with E-state index in [0.717, 1.165) is 11.1 Å². The molecule has 0 atom stereocenters. The van der Waals surface area contributed by atoms with Gasteiger partial charge in [-0.3, -0.25) is 4.79 Å². The molecule has 0 aliphatic rings. The van der Waals surface area contributed by atoms with Gasteiger partial charge in [0.1, 0.15) is 0 Å². The average molecular weight is 358 g/mol. The van der Waals surface area contributed by atoms with Crippen molar-refractivity contribution in [3.8, 4) is 0 Å². The van der Waals surface area contributed by atoms with E-state index in [1.807, 2.05) is 31.2 Å². The van der Waals surface area contributed by atoms with Crippen LogP contribution in [0.2, 0.25) is 0 Å². The molecular formula is C19H22N2O3S. The number of nitrogens with zero attached hydrogens (tertiary/aromatic N) is 1. The Morgan fingerprint density at radius 1 is 1.20 bits per heavy atom. The van der Waals surface area contributed by atoms with Crippen LogP contribution in [-0.4, -0.2) is 32.8 Å². The highest BCUT2D eigenvalue weighted by molar-refractivity contribution is 7.89. The molecule has 132 valence electrons. The summed E-state index contributed by atoms with van der Waals surface area (Å²) in [6, 6.07) is 13.9. The second-order valence-corrected chi connectivity index (χ2v) is 7.52. The SMILES string of the molecule is C=CCNS(=O)(=O)c1cccc(C(=O)N(C)Cc2ccccc2C)c1. The lowest BCUT2D eigenvalue weighted by Gasteiger charge is -2.19. The Morgan fingerprint density at radius 2 is 1.92 bits per heavy atom. The van der Waals surface area contributed by atoms with Crippen LogP contribution in [0, 0.1) is 6.92 Å². The molecule has 2 aromatic carbocycles. The van der Waals surface area contributed by atoms with Gasteiger partial charge in [0.2, 0.25) is 10.0 Å². The number of aryl methyl sites for hydroxylation is 1. The minimum atomic E-state index is -3.66. The van der Waals surface area contributed by atoms with E-state index < -0.39 is 10.0 Å². The van der Waals surface area contributed by atoms with Crippen LogP contribution in [0.3, 0.4) is 0 Å². The molecule has 5 nitrogen and oxygen atoms in total. The molecule has 0 aliphatic heterocycles. The maximum absolute atomic E-state index is 12.6. The number of amides is 1. The van der Waals surface area contributed by atoms with Gasteiger partial charge in [0.15, 0.2) is 0 Å². The van der Waals surface area contributed by atoms with Crippen LogP contribution in [0.4, 0.5) is 0 Å². The van der Waals surface area contributed by atoms with Gasteiger partial charge in [0.05, 0.1) is 4.90 Å². The first-order chi connectivity index (χ1) is 11.8. The lowest BCUT2D eigenvalue weighted by atomic mass is 10.1. The summed E-state index contributed by atoms with van der Waals surface area (Å²) in [6.45, 7) is 6.07. The van der Waals surface area contributed by atoms with Gasteiger partial charge in [-0.25, -0.2) is 13.1 Å². The Labute approximate surface area is 149 Å². The standard InChI is InChI=1S/C19H22N2O3S/c1-4-12-20-25(23,24)18-11-7-10-16(13-18)19(22)21(3)14-17-9-6-5-8-15(17)2/h4-11,13,20H,1,12,14H2,2-3H3. The maximum atomic E-state index is 12.6. The van der Waals surface area contributed by atoms with Crippen LogP contribution in [-0.2, 0) is 16.6 Å². The molecule has 0 aliphatic carbocycles. The molecule has 0 saturated carbocycles. The summed E-state index contributed by atoms with van der Waals surface area (Å²) >= 11 is 0. The van der Waals surface area contributed by atoms with E-state index in [1.54, 1.807) is 24.1 Å². The number of carbonyl (C=O) groups is 1. The monoisotopic (exact) mass is 358 g/mol. The smallest absolute Gasteiger partial charge is 0.253 e. The quantitative estimate of drug-likeness (QED) is 0.774. The molecule has 0 fully saturated rings. The molecule has 0 radical (unpaired) electrons. The fourth-order valence-electron chi connectivity index (χ4n) is 2.38. The molecule has 25 heavy (non-hydrogen) atoms. The summed E-state index contributed by atoms with van der Waals surface area (Å²) in [6.07, 6.45) is 1.46. The molecular weight excluding hydrogens is 336 g/mol. The van der Waals surface area contributed by atoms with Crippen molar-refractivity contribution in [2.45, 2.75) is 18.4 Å². The van der Waals surface area contributed by atoms with Crippen LogP contribution >= 0.6 is 0 Å². The van der Waals surface area contributed by atoms with E-state index in [4.69, 9.17) is 0 Å². The Bertz CT molecular complexity index is 876. The predicted molar refractivity (Wildman–Crippen MR) is 98.8 cm³/mol. The fraction of sp³-hybridized carbons (Fsp3) is 0.211. The van der Waals surface area contributed by atoms with Gasteiger partial charge in [-0.1, -0.05) is 36.4 Å². The third-order valence-electron chi connectivity index (χ3n) is 3.82. The van der Waals surface area contributed by atoms with Crippen molar-refractivity contribution in [2.24, 2.45) is 0 Å². The highest BCUT2D eigenvalue weighted by Crippen LogP contribution is 2.15. The molecule has 0 saturated heterocycles. The molecule has 0 heterocycles. The number of hydrogen-bond donors (Lipinski definition) is 1. The van der Waals surface area contributed by atoms with Gasteiger partial charge in [-0.05, 0) is 36.2 Å². The van der Waals surface area contributed by atoms with E-state index in [2.05, 4.69) is 11.3 Å². The van der Waals surface area contributed by atoms with Gasteiger partial charge in [-0.2, -0.15) is 0 Å². The molecule has 0 unspecified atom stereocenters. The van der Waals surface area contributed by atoms with Crippen molar-refractivity contribution in [3.05, 3.63) is 77.9 Å². The molecule has 1 amide bonds. The fourth-order valence-corrected chi connectivity index (χ4v) is 3.43. The molecule has 1 N–H and O–H groups in total. The third kappa shape index (κ3) is 4.78. The largest absolute Gasteiger partial charge is 0.337 e. The summed E-state index contributed by atoms with van der Waals surface area (Å²) in [5.74, 6) is -0.232. The maximum Gasteiger partial charge on any atom is 0.253 e. The van der Waals surface area contributed by atoms with Gasteiger partial charge in [-0.15, -0.1) is 6.58 Å². The number of carbonyl (C=O) groups excluding carboxylic acids is 1. The lowest BCUT2D eigenvalue weighted by molar-refractivity contribution is 0.0784. The molecule has 2 aromatic rings. The van der Waals surface area contributed by atoms with Crippen molar-refractivity contribution >= 4 is 15.9 Å². The summed E-state index contributed by atoms with van der Waals surface area (Å²) < 4.78 is 26.8. The van der Waals surface area contributed by atoms with Crippen molar-refractivity contribution in [1.29, 1.82) is 0 Å². The van der Waals surface area contributed by atoms with E-state index >= 15 is 0 Å². The molecule has 0 bridgehead atoms. The van der Waals surface area contributed by atoms with E-state index in [-0.39, 0.29) is 17.3 Å². The third-order valence-corrected chi connectivity index (χ3v) is 5.25. The van der Waals surface area contributed by atoms with E-state index in [9.17, 15) is 13.2 Å². The predicted octanol–water partition coefficient (Wildman–Crippen LogP) is 2.73. The molecule has 6 heteroatoms. The number of hydrogen-bond acceptors (Lipinski definition) is 3. The van der Waals surface area contributed by atoms with Crippen LogP contribution in [0.15, 0.2) is 66.1 Å². The Morgan fingerprint density at radius 3 is 2.60 bits per heavy atom. The number of sulfonamides is 1. The van der Waals surface area contributed by atoms with Crippen LogP contribution in [0.5, 0.6) is 0 Å². The lowest BCUT2D eigenvalue weighted by Crippen LogP contribution is -2.27. The topological polar surface area (TPSA) is 66.5 Å². The highest BCUT2D eigenvalue weighted by Gasteiger charge is 2.18. The Balaban J connectivity index is 2.21. The first-order valence-corrected chi connectivity index (χ1v) is 9.34. The number of benzene rings is 2. The van der Waals surface area contributed by atoms with Crippen LogP contribution in [0.25, 0.3) is 0 Å². The summed E-state index contributed by atoms with van der Waals surface area (Å²) in [4.78, 5) is 14.3. The number of nitrogens with one attached hydrogen (secondary N) is 1. The zero-order valence-electron chi connectivity index (χ0n) is 14.4. The van der Waals surface area contributed by atoms with Gasteiger partial charge in [0.25, 0.3) is 5.91 Å².